The number of halogens is 3. The summed E-state index contributed by atoms with van der Waals surface area (Å²) in [6.07, 6.45) is -0.783. The van der Waals surface area contributed by atoms with Crippen molar-refractivity contribution in [2.45, 2.75) is 31.6 Å². The Balaban J connectivity index is 1.44. The molecule has 1 fully saturated rings. The maximum Gasteiger partial charge on any atom is 0.410 e. The largest absolute Gasteiger partial charge is 0.410 e. The van der Waals surface area contributed by atoms with Crippen molar-refractivity contribution < 1.29 is 33.0 Å². The normalized spacial score (nSPS) is 20.1. The summed E-state index contributed by atoms with van der Waals surface area (Å²) in [6.45, 7) is -0.250. The van der Waals surface area contributed by atoms with Gasteiger partial charge in [0.1, 0.15) is 11.6 Å². The summed E-state index contributed by atoms with van der Waals surface area (Å²) in [5, 5.41) is 15.6. The number of rotatable bonds is 4. The zero-order valence-corrected chi connectivity index (χ0v) is 17.3. The van der Waals surface area contributed by atoms with Crippen molar-refractivity contribution in [2.24, 2.45) is 0 Å². The van der Waals surface area contributed by atoms with E-state index in [1.807, 2.05) is 0 Å². The van der Waals surface area contributed by atoms with Gasteiger partial charge in [-0.1, -0.05) is 11.6 Å². The Morgan fingerprint density at radius 3 is 2.75 bits per heavy atom. The molecule has 1 atom stereocenters. The highest BCUT2D eigenvalue weighted by Crippen LogP contribution is 2.35. The van der Waals surface area contributed by atoms with Gasteiger partial charge in [0.25, 0.3) is 11.7 Å². The lowest BCUT2D eigenvalue weighted by Crippen LogP contribution is -2.46. The van der Waals surface area contributed by atoms with E-state index in [0.717, 1.165) is 23.1 Å². The minimum Gasteiger partial charge on any atom is -0.407 e. The molecule has 8 nitrogen and oxygen atoms in total. The van der Waals surface area contributed by atoms with E-state index in [2.05, 4.69) is 10.6 Å². The van der Waals surface area contributed by atoms with Crippen LogP contribution in [0.2, 0.25) is 5.02 Å². The number of alkyl carbamates (subject to hydrolysis) is 1. The van der Waals surface area contributed by atoms with E-state index >= 15 is 0 Å². The number of carbonyl (C=O) groups excluding carboxylic acids is 3. The maximum absolute atomic E-state index is 14.6. The summed E-state index contributed by atoms with van der Waals surface area (Å²) in [5.74, 6) is -5.07. The molecule has 2 aromatic carbocycles. The molecule has 3 N–H and O–H groups in total. The van der Waals surface area contributed by atoms with Gasteiger partial charge in [0.15, 0.2) is 0 Å². The third-order valence-electron chi connectivity index (χ3n) is 5.23. The number of aliphatic hydroxyl groups is 1. The number of aryl methyl sites for hydroxylation is 1. The first-order valence-corrected chi connectivity index (χ1v) is 10.1. The van der Waals surface area contributed by atoms with Crippen LogP contribution in [0.25, 0.3) is 0 Å². The number of benzene rings is 2. The first kappa shape index (κ1) is 22.0. The highest BCUT2D eigenvalue weighted by Gasteiger charge is 2.50. The average Bonchev–Trinajstić information content (AvgIpc) is 2.99. The fourth-order valence-electron chi connectivity index (χ4n) is 3.68. The highest BCUT2D eigenvalue weighted by atomic mass is 35.5. The molecule has 0 spiro atoms. The van der Waals surface area contributed by atoms with Gasteiger partial charge in [0, 0.05) is 36.6 Å². The number of nitrogens with one attached hydrogen (secondary N) is 2. The van der Waals surface area contributed by atoms with E-state index in [9.17, 15) is 28.3 Å². The zero-order valence-electron chi connectivity index (χ0n) is 16.6. The van der Waals surface area contributed by atoms with Crippen molar-refractivity contribution in [2.75, 3.05) is 16.8 Å². The number of nitrogens with zero attached hydrogens (tertiary/aromatic N) is 1. The van der Waals surface area contributed by atoms with Gasteiger partial charge < -0.3 is 25.4 Å². The lowest BCUT2D eigenvalue weighted by atomic mass is 10.0. The Hall–Kier alpha value is -3.24. The number of fused-ring (bicyclic) bond motifs is 1. The molecule has 2 aliphatic heterocycles. The van der Waals surface area contributed by atoms with Crippen molar-refractivity contribution >= 4 is 40.9 Å². The number of hydrogen-bond donors (Lipinski definition) is 3. The van der Waals surface area contributed by atoms with Crippen LogP contribution < -0.4 is 15.5 Å². The topological polar surface area (TPSA) is 108 Å². The van der Waals surface area contributed by atoms with E-state index in [1.54, 1.807) is 0 Å². The van der Waals surface area contributed by atoms with Crippen LogP contribution in [0.1, 0.15) is 24.0 Å². The standard InChI is InChI=1S/C21H18ClF2N3O5/c22-13-5-11(6-14(23)8-13)10-25-20(30)32-21(31)3-4-27(19(21)29)17-7-12-1-2-18(28)26-16(12)9-15(17)24/h5-9,31H,1-4,10H2,(H,25,30)(H,26,28). The summed E-state index contributed by atoms with van der Waals surface area (Å²) in [4.78, 5) is 37.4. The van der Waals surface area contributed by atoms with Crippen molar-refractivity contribution in [3.05, 3.63) is 58.1 Å². The number of anilines is 2. The lowest BCUT2D eigenvalue weighted by Gasteiger charge is -2.24. The van der Waals surface area contributed by atoms with Gasteiger partial charge in [0.05, 0.1) is 5.69 Å². The average molecular weight is 466 g/mol. The van der Waals surface area contributed by atoms with Gasteiger partial charge in [-0.15, -0.1) is 0 Å². The van der Waals surface area contributed by atoms with Crippen LogP contribution in [0.5, 0.6) is 0 Å². The first-order valence-electron chi connectivity index (χ1n) is 9.73. The fraction of sp³-hybridized carbons (Fsp3) is 0.286. The van der Waals surface area contributed by atoms with Crippen molar-refractivity contribution in [3.8, 4) is 0 Å². The first-order chi connectivity index (χ1) is 15.1. The van der Waals surface area contributed by atoms with Crippen LogP contribution in [0.15, 0.2) is 30.3 Å². The predicted molar refractivity (Wildman–Crippen MR) is 110 cm³/mol. The van der Waals surface area contributed by atoms with Crippen LogP contribution >= 0.6 is 11.6 Å². The molecule has 11 heteroatoms. The molecule has 0 bridgehead atoms. The van der Waals surface area contributed by atoms with Gasteiger partial charge in [0.2, 0.25) is 5.91 Å². The Bertz CT molecular complexity index is 1110. The summed E-state index contributed by atoms with van der Waals surface area (Å²) in [6, 6.07) is 6.24. The molecule has 1 unspecified atom stereocenters. The van der Waals surface area contributed by atoms with E-state index in [4.69, 9.17) is 16.3 Å². The highest BCUT2D eigenvalue weighted by molar-refractivity contribution is 6.30. The number of ether oxygens (including phenoxy) is 1. The van der Waals surface area contributed by atoms with E-state index in [0.29, 0.717) is 23.2 Å². The van der Waals surface area contributed by atoms with Gasteiger partial charge >= 0.3 is 6.09 Å². The second-order valence-corrected chi connectivity index (χ2v) is 7.96. The second-order valence-electron chi connectivity index (χ2n) is 7.52. The molecule has 3 amide bonds. The van der Waals surface area contributed by atoms with Gasteiger partial charge in [-0.05, 0) is 47.9 Å². The summed E-state index contributed by atoms with van der Waals surface area (Å²) >= 11 is 5.76. The predicted octanol–water partition coefficient (Wildman–Crippen LogP) is 2.85. The third kappa shape index (κ3) is 4.37. The molecule has 0 aromatic heterocycles. The molecule has 2 aliphatic rings. The van der Waals surface area contributed by atoms with Gasteiger partial charge in [-0.25, -0.2) is 13.6 Å². The minimum absolute atomic E-state index is 0.0840. The molecule has 32 heavy (non-hydrogen) atoms. The maximum atomic E-state index is 14.6. The Labute approximate surface area is 186 Å². The van der Waals surface area contributed by atoms with Crippen LogP contribution in [-0.2, 0) is 27.3 Å². The van der Waals surface area contributed by atoms with Crippen LogP contribution in [0.4, 0.5) is 25.0 Å². The smallest absolute Gasteiger partial charge is 0.407 e. The zero-order chi connectivity index (χ0) is 23.0. The molecular weight excluding hydrogens is 448 g/mol. The third-order valence-corrected chi connectivity index (χ3v) is 5.45. The Kier molecular flexibility index (Phi) is 5.74. The molecular formula is C21H18ClF2N3O5. The number of amides is 3. The Morgan fingerprint density at radius 2 is 2.00 bits per heavy atom. The molecule has 2 aromatic rings. The van der Waals surface area contributed by atoms with Crippen LogP contribution in [0, 0.1) is 11.6 Å². The lowest BCUT2D eigenvalue weighted by molar-refractivity contribution is -0.175. The fourth-order valence-corrected chi connectivity index (χ4v) is 3.92. The quantitative estimate of drug-likeness (QED) is 0.602. The van der Waals surface area contributed by atoms with E-state index < -0.39 is 29.4 Å². The summed E-state index contributed by atoms with van der Waals surface area (Å²) < 4.78 is 32.9. The monoisotopic (exact) mass is 465 g/mol. The van der Waals surface area contributed by atoms with Gasteiger partial charge in [-0.2, -0.15) is 0 Å². The van der Waals surface area contributed by atoms with Crippen LogP contribution in [0.3, 0.4) is 0 Å². The molecule has 4 rings (SSSR count). The van der Waals surface area contributed by atoms with Crippen molar-refractivity contribution in [1.82, 2.24) is 5.32 Å². The number of hydrogen-bond acceptors (Lipinski definition) is 5. The number of carbonyl (C=O) groups is 3. The van der Waals surface area contributed by atoms with E-state index in [1.165, 1.54) is 12.1 Å². The van der Waals surface area contributed by atoms with Crippen molar-refractivity contribution in [1.29, 1.82) is 0 Å². The van der Waals surface area contributed by atoms with Gasteiger partial charge in [-0.3, -0.25) is 9.59 Å². The van der Waals surface area contributed by atoms with Crippen LogP contribution in [-0.4, -0.2) is 35.3 Å². The summed E-state index contributed by atoms with van der Waals surface area (Å²) in [5.41, 5.74) is 1.25. The Morgan fingerprint density at radius 1 is 1.22 bits per heavy atom. The molecule has 1 saturated heterocycles. The SMILES string of the molecule is O=C1CCc2cc(N3CCC(O)(OC(=O)NCc4cc(F)cc(Cl)c4)C3=O)c(F)cc2N1. The molecule has 0 aliphatic carbocycles. The molecule has 168 valence electrons. The van der Waals surface area contributed by atoms with E-state index in [-0.39, 0.29) is 42.5 Å². The molecule has 0 radical (unpaired) electrons. The van der Waals surface area contributed by atoms with Crippen molar-refractivity contribution in [3.63, 3.8) is 0 Å². The summed E-state index contributed by atoms with van der Waals surface area (Å²) in [7, 11) is 0. The minimum atomic E-state index is -2.49. The second kappa shape index (κ2) is 8.36. The molecule has 0 saturated carbocycles. The molecule has 2 heterocycles.